The van der Waals surface area contributed by atoms with Crippen LogP contribution in [0.4, 0.5) is 0 Å². The standard InChI is InChI=1S/C40H78O7S.2Na.2H/c1-3-5-7-9-11-13-15-17-19-21-23-25-27-29-31-33-35-46-39(41)37-38(48(43,44)45)40(42)47-36-34-32-30-28-26-24-22-20-18-16-14-12-10-8-6-4-2;;;;/h38H,3-37H2,1-2H3,(H,43,44,45);;;;. The van der Waals surface area contributed by atoms with E-state index in [1.54, 1.807) is 0 Å². The summed E-state index contributed by atoms with van der Waals surface area (Å²) >= 11 is 0. The fourth-order valence-electron chi connectivity index (χ4n) is 6.27. The van der Waals surface area contributed by atoms with Crippen molar-refractivity contribution in [1.82, 2.24) is 0 Å². The van der Waals surface area contributed by atoms with Crippen molar-refractivity contribution in [2.24, 2.45) is 0 Å². The second kappa shape index (κ2) is 42.6. The van der Waals surface area contributed by atoms with Crippen molar-refractivity contribution in [3.63, 3.8) is 0 Å². The molecular weight excluding hydrogens is 670 g/mol. The average Bonchev–Trinajstić information content (AvgIpc) is 3.05. The third-order valence-electron chi connectivity index (χ3n) is 9.48. The van der Waals surface area contributed by atoms with E-state index in [1.807, 2.05) is 0 Å². The first-order valence-corrected chi connectivity index (χ1v) is 22.1. The number of hydrogen-bond donors (Lipinski definition) is 1. The monoisotopic (exact) mass is 751 g/mol. The van der Waals surface area contributed by atoms with E-state index in [1.165, 1.54) is 161 Å². The Morgan fingerprint density at radius 2 is 0.680 bits per heavy atom. The van der Waals surface area contributed by atoms with Gasteiger partial charge in [0.05, 0.1) is 19.6 Å². The van der Waals surface area contributed by atoms with Crippen LogP contribution >= 0.6 is 0 Å². The van der Waals surface area contributed by atoms with Gasteiger partial charge in [0.25, 0.3) is 10.1 Å². The van der Waals surface area contributed by atoms with Crippen molar-refractivity contribution >= 4 is 81.2 Å². The van der Waals surface area contributed by atoms with Crippen LogP contribution in [0.15, 0.2) is 0 Å². The molecular formula is C40H80Na2O7S. The van der Waals surface area contributed by atoms with E-state index >= 15 is 0 Å². The number of rotatable bonds is 38. The zero-order valence-corrected chi connectivity index (χ0v) is 32.4. The molecule has 0 heterocycles. The molecule has 0 saturated carbocycles. The zero-order valence-electron chi connectivity index (χ0n) is 31.6. The Morgan fingerprint density at radius 3 is 0.940 bits per heavy atom. The van der Waals surface area contributed by atoms with E-state index in [9.17, 15) is 22.6 Å². The molecule has 0 spiro atoms. The molecule has 0 rings (SSSR count). The third-order valence-corrected chi connectivity index (χ3v) is 10.6. The van der Waals surface area contributed by atoms with Crippen LogP contribution in [0, 0.1) is 0 Å². The van der Waals surface area contributed by atoms with Gasteiger partial charge in [0.15, 0.2) is 5.25 Å². The van der Waals surface area contributed by atoms with Crippen LogP contribution in [0.1, 0.15) is 226 Å². The Bertz CT molecular complexity index is 827. The molecule has 50 heavy (non-hydrogen) atoms. The second-order valence-corrected chi connectivity index (χ2v) is 15.8. The third kappa shape index (κ3) is 40.0. The molecule has 0 aliphatic heterocycles. The molecule has 7 nitrogen and oxygen atoms in total. The van der Waals surface area contributed by atoms with Crippen molar-refractivity contribution in [2.75, 3.05) is 13.2 Å². The Morgan fingerprint density at radius 1 is 0.440 bits per heavy atom. The fraction of sp³-hybridized carbons (Fsp3) is 0.950. The van der Waals surface area contributed by atoms with Crippen LogP contribution in [0.3, 0.4) is 0 Å². The predicted molar refractivity (Wildman–Crippen MR) is 215 cm³/mol. The first kappa shape index (κ1) is 55.2. The summed E-state index contributed by atoms with van der Waals surface area (Å²) in [6.45, 7) is 4.78. The van der Waals surface area contributed by atoms with Gasteiger partial charge in [0, 0.05) is 0 Å². The van der Waals surface area contributed by atoms with Crippen molar-refractivity contribution in [3.05, 3.63) is 0 Å². The number of carbonyl (C=O) groups is 2. The van der Waals surface area contributed by atoms with E-state index in [-0.39, 0.29) is 72.3 Å². The summed E-state index contributed by atoms with van der Waals surface area (Å²) in [4.78, 5) is 24.5. The van der Waals surface area contributed by atoms with Gasteiger partial charge >= 0.3 is 71.1 Å². The van der Waals surface area contributed by atoms with Crippen LogP contribution in [-0.2, 0) is 29.2 Å². The molecule has 0 aromatic carbocycles. The molecule has 0 aliphatic carbocycles. The van der Waals surface area contributed by atoms with Gasteiger partial charge in [-0.15, -0.1) is 0 Å². The van der Waals surface area contributed by atoms with Crippen LogP contribution in [0.25, 0.3) is 0 Å². The van der Waals surface area contributed by atoms with Gasteiger partial charge in [0.2, 0.25) is 0 Å². The predicted octanol–water partition coefficient (Wildman–Crippen LogP) is 10.9. The van der Waals surface area contributed by atoms with E-state index in [4.69, 9.17) is 9.47 Å². The first-order valence-electron chi connectivity index (χ1n) is 20.6. The molecule has 0 aliphatic rings. The summed E-state index contributed by atoms with van der Waals surface area (Å²) < 4.78 is 43.3. The Labute approximate surface area is 354 Å². The molecule has 0 bridgehead atoms. The summed E-state index contributed by atoms with van der Waals surface area (Å²) in [5.41, 5.74) is 0. The van der Waals surface area contributed by atoms with E-state index < -0.39 is 33.7 Å². The van der Waals surface area contributed by atoms with E-state index in [0.29, 0.717) is 12.8 Å². The fourth-order valence-corrected chi connectivity index (χ4v) is 6.93. The van der Waals surface area contributed by atoms with Gasteiger partial charge < -0.3 is 9.47 Å². The molecule has 0 aromatic rings. The van der Waals surface area contributed by atoms with Gasteiger partial charge in [-0.2, -0.15) is 8.42 Å². The first-order chi connectivity index (χ1) is 23.3. The van der Waals surface area contributed by atoms with Crippen molar-refractivity contribution in [3.8, 4) is 0 Å². The number of unbranched alkanes of at least 4 members (excludes halogenated alkanes) is 30. The summed E-state index contributed by atoms with van der Waals surface area (Å²) in [7, 11) is -4.77. The molecule has 0 amide bonds. The summed E-state index contributed by atoms with van der Waals surface area (Å²) in [5.74, 6) is -1.89. The zero-order chi connectivity index (χ0) is 35.4. The number of ether oxygens (including phenoxy) is 2. The van der Waals surface area contributed by atoms with Gasteiger partial charge in [-0.25, -0.2) is 0 Å². The van der Waals surface area contributed by atoms with Crippen LogP contribution < -0.4 is 0 Å². The molecule has 1 atom stereocenters. The molecule has 290 valence electrons. The molecule has 1 N–H and O–H groups in total. The van der Waals surface area contributed by atoms with E-state index in [2.05, 4.69) is 13.8 Å². The maximum atomic E-state index is 12.3. The molecule has 1 unspecified atom stereocenters. The summed E-state index contributed by atoms with van der Waals surface area (Å²) in [5, 5.41) is -1.93. The normalized spacial score (nSPS) is 11.8. The van der Waals surface area contributed by atoms with Crippen molar-refractivity contribution in [1.29, 1.82) is 0 Å². The minimum atomic E-state index is -4.77. The quantitative estimate of drug-likeness (QED) is 0.0290. The van der Waals surface area contributed by atoms with Gasteiger partial charge in [0.1, 0.15) is 0 Å². The number of esters is 2. The number of carbonyl (C=O) groups excluding carboxylic acids is 2. The summed E-state index contributed by atoms with van der Waals surface area (Å²) in [6.07, 6.45) is 39.0. The molecule has 0 aromatic heterocycles. The van der Waals surface area contributed by atoms with Gasteiger partial charge in [-0.05, 0) is 12.8 Å². The SMILES string of the molecule is CCCCCCCCCCCCCCCCCCOC(=O)CC(C(=O)OCCCCCCCCCCCCCCCCCC)S(=O)(=O)O.[NaH].[NaH]. The molecule has 10 heteroatoms. The van der Waals surface area contributed by atoms with Crippen molar-refractivity contribution in [2.45, 2.75) is 231 Å². The van der Waals surface area contributed by atoms with Crippen LogP contribution in [0.5, 0.6) is 0 Å². The molecule has 0 fully saturated rings. The van der Waals surface area contributed by atoms with Crippen LogP contribution in [-0.4, -0.2) is 102 Å². The van der Waals surface area contributed by atoms with Crippen LogP contribution in [0.2, 0.25) is 0 Å². The molecule has 0 saturated heterocycles. The van der Waals surface area contributed by atoms with Crippen molar-refractivity contribution < 1.29 is 32.0 Å². The van der Waals surface area contributed by atoms with E-state index in [0.717, 1.165) is 32.1 Å². The van der Waals surface area contributed by atoms with Gasteiger partial charge in [-0.1, -0.05) is 206 Å². The second-order valence-electron chi connectivity index (χ2n) is 14.2. The summed E-state index contributed by atoms with van der Waals surface area (Å²) in [6, 6.07) is 0. The van der Waals surface area contributed by atoms with Gasteiger partial charge in [-0.3, -0.25) is 14.1 Å². The Kier molecular flexibility index (Phi) is 47.0. The average molecular weight is 751 g/mol. The Balaban J connectivity index is -0.0000110. The maximum absolute atomic E-state index is 12.3. The minimum absolute atomic E-state index is 0. The number of hydrogen-bond acceptors (Lipinski definition) is 6. The topological polar surface area (TPSA) is 107 Å². The molecule has 0 radical (unpaired) electrons. The Hall–Kier alpha value is 0.850.